The van der Waals surface area contributed by atoms with Gasteiger partial charge in [-0.25, -0.2) is 0 Å². The monoisotopic (exact) mass is 388 g/mol. The van der Waals surface area contributed by atoms with Crippen molar-refractivity contribution in [3.8, 4) is 5.75 Å². The number of hydrogen-bond acceptors (Lipinski definition) is 3. The van der Waals surface area contributed by atoms with Crippen molar-refractivity contribution in [3.05, 3.63) is 71.3 Å². The number of carbonyl (C=O) groups excluding carboxylic acids is 1. The van der Waals surface area contributed by atoms with E-state index in [2.05, 4.69) is 41.7 Å². The van der Waals surface area contributed by atoms with Crippen molar-refractivity contribution in [2.45, 2.75) is 37.6 Å². The molecule has 1 N–H and O–H groups in total. The average molecular weight is 389 g/mol. The third-order valence-corrected chi connectivity index (χ3v) is 6.75. The molecule has 1 saturated heterocycles. The van der Waals surface area contributed by atoms with Crippen LogP contribution in [0.1, 0.15) is 59.1 Å². The van der Waals surface area contributed by atoms with Gasteiger partial charge in [-0.1, -0.05) is 36.4 Å². The van der Waals surface area contributed by atoms with Crippen molar-refractivity contribution in [3.63, 3.8) is 0 Å². The number of benzene rings is 2. The number of amides is 1. The second-order valence-electron chi connectivity index (χ2n) is 8.37. The minimum absolute atomic E-state index is 0.169. The molecule has 0 bridgehead atoms. The number of methoxy groups -OCH3 is 1. The van der Waals surface area contributed by atoms with Gasteiger partial charge in [0.1, 0.15) is 5.75 Å². The first kappa shape index (κ1) is 18.3. The number of nitrogens with zero attached hydrogens (tertiary/aromatic N) is 1. The maximum absolute atomic E-state index is 13.3. The fourth-order valence-electron chi connectivity index (χ4n) is 5.21. The van der Waals surface area contributed by atoms with E-state index in [4.69, 9.17) is 4.74 Å². The number of piperidine rings is 1. The lowest BCUT2D eigenvalue weighted by Gasteiger charge is -2.39. The van der Waals surface area contributed by atoms with Gasteiger partial charge >= 0.3 is 0 Å². The van der Waals surface area contributed by atoms with E-state index in [0.29, 0.717) is 11.8 Å². The van der Waals surface area contributed by atoms with E-state index >= 15 is 0 Å². The van der Waals surface area contributed by atoms with Crippen LogP contribution in [0.2, 0.25) is 0 Å². The Morgan fingerprint density at radius 3 is 2.62 bits per heavy atom. The lowest BCUT2D eigenvalue weighted by atomic mass is 9.76. The Labute approximate surface area is 172 Å². The van der Waals surface area contributed by atoms with E-state index in [-0.39, 0.29) is 11.9 Å². The first-order chi connectivity index (χ1) is 14.3. The fraction of sp³-hybridized carbons (Fsp3) is 0.400. The summed E-state index contributed by atoms with van der Waals surface area (Å²) in [6.07, 6.45) is 9.12. The van der Waals surface area contributed by atoms with E-state index in [1.165, 1.54) is 17.5 Å². The Morgan fingerprint density at radius 2 is 1.86 bits per heavy atom. The van der Waals surface area contributed by atoms with Gasteiger partial charge in [-0.05, 0) is 60.9 Å². The first-order valence-electron chi connectivity index (χ1n) is 10.8. The molecule has 0 aromatic heterocycles. The van der Waals surface area contributed by atoms with Crippen LogP contribution in [0.25, 0.3) is 0 Å². The molecule has 3 unspecified atom stereocenters. The predicted octanol–water partition coefficient (Wildman–Crippen LogP) is 5.15. The molecule has 5 rings (SSSR count). The number of anilines is 1. The summed E-state index contributed by atoms with van der Waals surface area (Å²) in [5.74, 6) is 1.86. The number of para-hydroxylation sites is 1. The van der Waals surface area contributed by atoms with Gasteiger partial charge in [0.15, 0.2) is 0 Å². The summed E-state index contributed by atoms with van der Waals surface area (Å²) in [5.41, 5.74) is 4.35. The molecule has 1 aliphatic carbocycles. The molecule has 0 saturated carbocycles. The predicted molar refractivity (Wildman–Crippen MR) is 116 cm³/mol. The smallest absolute Gasteiger partial charge is 0.255 e. The highest BCUT2D eigenvalue weighted by Crippen LogP contribution is 2.50. The quantitative estimate of drug-likeness (QED) is 0.740. The molecule has 2 aromatic rings. The number of likely N-dealkylation sites (tertiary alicyclic amines) is 1. The lowest BCUT2D eigenvalue weighted by molar-refractivity contribution is 0.0725. The van der Waals surface area contributed by atoms with Gasteiger partial charge in [-0.15, -0.1) is 0 Å². The first-order valence-corrected chi connectivity index (χ1v) is 10.8. The minimum Gasteiger partial charge on any atom is -0.497 e. The van der Waals surface area contributed by atoms with Gasteiger partial charge < -0.3 is 15.0 Å². The van der Waals surface area contributed by atoms with Crippen LogP contribution < -0.4 is 10.1 Å². The molecule has 4 nitrogen and oxygen atoms in total. The molecule has 1 amide bonds. The number of allylic oxidation sites excluding steroid dienone is 2. The van der Waals surface area contributed by atoms with Crippen molar-refractivity contribution in [2.75, 3.05) is 25.5 Å². The van der Waals surface area contributed by atoms with Gasteiger partial charge in [-0.2, -0.15) is 0 Å². The topological polar surface area (TPSA) is 41.6 Å². The van der Waals surface area contributed by atoms with Gasteiger partial charge in [0.2, 0.25) is 0 Å². The van der Waals surface area contributed by atoms with E-state index < -0.39 is 0 Å². The molecular weight excluding hydrogens is 360 g/mol. The molecular formula is C25H28N2O2. The van der Waals surface area contributed by atoms with Crippen LogP contribution in [0.15, 0.2) is 54.6 Å². The van der Waals surface area contributed by atoms with Gasteiger partial charge in [-0.3, -0.25) is 4.79 Å². The van der Waals surface area contributed by atoms with Crippen LogP contribution in [0, 0.1) is 5.92 Å². The van der Waals surface area contributed by atoms with Crippen molar-refractivity contribution < 1.29 is 9.53 Å². The standard InChI is InChI=1S/C25H28N2O2/c1-29-18-13-11-17(12-14-18)23-20-8-5-7-19(20)21-9-6-10-22(24(21)26-23)25(28)27-15-3-2-4-16-27/h5-7,9-14,19-20,23,26H,2-4,8,15-16H2,1H3. The number of carbonyl (C=O) groups is 1. The van der Waals surface area contributed by atoms with Gasteiger partial charge in [0.05, 0.1) is 24.4 Å². The number of ether oxygens (including phenoxy) is 1. The Kier molecular flexibility index (Phi) is 4.78. The summed E-state index contributed by atoms with van der Waals surface area (Å²) < 4.78 is 5.33. The number of hydrogen-bond donors (Lipinski definition) is 1. The van der Waals surface area contributed by atoms with E-state index in [0.717, 1.165) is 49.4 Å². The van der Waals surface area contributed by atoms with E-state index in [9.17, 15) is 4.79 Å². The minimum atomic E-state index is 0.169. The molecule has 2 aromatic carbocycles. The molecule has 4 heteroatoms. The maximum Gasteiger partial charge on any atom is 0.255 e. The van der Waals surface area contributed by atoms with Crippen LogP contribution in [0.3, 0.4) is 0 Å². The molecule has 2 aliphatic heterocycles. The summed E-state index contributed by atoms with van der Waals surface area (Å²) >= 11 is 0. The number of fused-ring (bicyclic) bond motifs is 3. The molecule has 0 radical (unpaired) electrons. The fourth-order valence-corrected chi connectivity index (χ4v) is 5.21. The van der Waals surface area contributed by atoms with E-state index in [1.54, 1.807) is 7.11 Å². The molecule has 3 atom stereocenters. The zero-order valence-corrected chi connectivity index (χ0v) is 16.9. The van der Waals surface area contributed by atoms with Crippen molar-refractivity contribution >= 4 is 11.6 Å². The summed E-state index contributed by atoms with van der Waals surface area (Å²) in [4.78, 5) is 15.4. The highest BCUT2D eigenvalue weighted by Gasteiger charge is 2.39. The summed E-state index contributed by atoms with van der Waals surface area (Å²) in [6, 6.07) is 14.7. The molecule has 1 fully saturated rings. The Morgan fingerprint density at radius 1 is 1.07 bits per heavy atom. The molecule has 2 heterocycles. The average Bonchev–Trinajstić information content (AvgIpc) is 3.29. The normalized spacial score (nSPS) is 25.1. The van der Waals surface area contributed by atoms with Crippen molar-refractivity contribution in [1.29, 1.82) is 0 Å². The molecule has 150 valence electrons. The molecule has 0 spiro atoms. The van der Waals surface area contributed by atoms with Crippen LogP contribution in [-0.2, 0) is 0 Å². The summed E-state index contributed by atoms with van der Waals surface area (Å²) in [5, 5.41) is 3.78. The van der Waals surface area contributed by atoms with Crippen molar-refractivity contribution in [1.82, 2.24) is 4.90 Å². The zero-order valence-electron chi connectivity index (χ0n) is 16.9. The summed E-state index contributed by atoms with van der Waals surface area (Å²) in [7, 11) is 1.69. The highest BCUT2D eigenvalue weighted by atomic mass is 16.5. The molecule has 29 heavy (non-hydrogen) atoms. The Hall–Kier alpha value is -2.75. The second kappa shape index (κ2) is 7.58. The maximum atomic E-state index is 13.3. The van der Waals surface area contributed by atoms with Crippen LogP contribution in [0.4, 0.5) is 5.69 Å². The zero-order chi connectivity index (χ0) is 19.8. The SMILES string of the molecule is COc1ccc(C2Nc3c(C(=O)N4CCCCC4)cccc3C3C=CCC32)cc1. The number of nitrogens with one attached hydrogen (secondary N) is 1. The van der Waals surface area contributed by atoms with Crippen LogP contribution in [-0.4, -0.2) is 31.0 Å². The van der Waals surface area contributed by atoms with E-state index in [1.807, 2.05) is 23.1 Å². The van der Waals surface area contributed by atoms with Gasteiger partial charge in [0, 0.05) is 19.0 Å². The van der Waals surface area contributed by atoms with Crippen LogP contribution in [0.5, 0.6) is 5.75 Å². The van der Waals surface area contributed by atoms with Crippen LogP contribution >= 0.6 is 0 Å². The largest absolute Gasteiger partial charge is 0.497 e. The Bertz CT molecular complexity index is 928. The summed E-state index contributed by atoms with van der Waals surface area (Å²) in [6.45, 7) is 1.74. The number of rotatable bonds is 3. The van der Waals surface area contributed by atoms with Crippen molar-refractivity contribution in [2.24, 2.45) is 5.92 Å². The Balaban J connectivity index is 1.53. The second-order valence-corrected chi connectivity index (χ2v) is 8.37. The van der Waals surface area contributed by atoms with Gasteiger partial charge in [0.25, 0.3) is 5.91 Å². The molecule has 3 aliphatic rings. The third-order valence-electron chi connectivity index (χ3n) is 6.75. The lowest BCUT2D eigenvalue weighted by Crippen LogP contribution is -2.37. The third kappa shape index (κ3) is 3.21. The highest BCUT2D eigenvalue weighted by molar-refractivity contribution is 6.01.